The monoisotopic (exact) mass is 191 g/mol. The zero-order valence-electron chi connectivity index (χ0n) is 9.46. The molecule has 0 spiro atoms. The Bertz CT molecular complexity index is 258. The van der Waals surface area contributed by atoms with Gasteiger partial charge in [-0.15, -0.1) is 0 Å². The fourth-order valence-corrected chi connectivity index (χ4v) is 1.80. The first-order valence-electron chi connectivity index (χ1n) is 5.28. The van der Waals surface area contributed by atoms with Gasteiger partial charge in [-0.25, -0.2) is 0 Å². The van der Waals surface area contributed by atoms with Crippen LogP contribution in [0.5, 0.6) is 0 Å². The molecule has 1 nitrogen and oxygen atoms in total. The van der Waals surface area contributed by atoms with Crippen LogP contribution in [0.25, 0.3) is 0 Å². The molecule has 0 heterocycles. The number of hydrogen-bond donors (Lipinski definition) is 1. The lowest BCUT2D eigenvalue weighted by molar-refractivity contribution is 0.342. The maximum Gasteiger partial charge on any atom is -0.000804 e. The largest absolute Gasteiger partial charge is 0.330 e. The lowest BCUT2D eigenvalue weighted by Gasteiger charge is -2.25. The van der Waals surface area contributed by atoms with Crippen LogP contribution in [-0.4, -0.2) is 6.54 Å². The van der Waals surface area contributed by atoms with Gasteiger partial charge in [0.2, 0.25) is 0 Å². The minimum absolute atomic E-state index is 0.347. The molecule has 0 saturated carbocycles. The highest BCUT2D eigenvalue weighted by molar-refractivity contribution is 5.20. The summed E-state index contributed by atoms with van der Waals surface area (Å²) < 4.78 is 0. The predicted molar refractivity (Wildman–Crippen MR) is 62.3 cm³/mol. The number of benzene rings is 1. The van der Waals surface area contributed by atoms with E-state index in [1.807, 2.05) is 6.07 Å². The van der Waals surface area contributed by atoms with Gasteiger partial charge in [-0.1, -0.05) is 51.1 Å². The average Bonchev–Trinajstić information content (AvgIpc) is 2.14. The third-order valence-corrected chi connectivity index (χ3v) is 2.41. The molecule has 1 aromatic rings. The Labute approximate surface area is 87.3 Å². The molecule has 1 heteroatoms. The van der Waals surface area contributed by atoms with E-state index >= 15 is 0 Å². The van der Waals surface area contributed by atoms with Crippen LogP contribution in [0.4, 0.5) is 0 Å². The zero-order valence-corrected chi connectivity index (χ0v) is 9.46. The van der Waals surface area contributed by atoms with Crippen molar-refractivity contribution in [3.05, 3.63) is 35.9 Å². The number of rotatable bonds is 3. The van der Waals surface area contributed by atoms with Gasteiger partial charge in [0.05, 0.1) is 0 Å². The van der Waals surface area contributed by atoms with Crippen molar-refractivity contribution < 1.29 is 0 Å². The summed E-state index contributed by atoms with van der Waals surface area (Å²) in [5.41, 5.74) is 7.52. The van der Waals surface area contributed by atoms with Crippen molar-refractivity contribution in [1.29, 1.82) is 0 Å². The first-order valence-corrected chi connectivity index (χ1v) is 5.28. The van der Waals surface area contributed by atoms with E-state index < -0.39 is 0 Å². The SMILES string of the molecule is CC(C)(C)CC(CN)c1ccccc1. The molecule has 0 aliphatic heterocycles. The van der Waals surface area contributed by atoms with Crippen LogP contribution in [-0.2, 0) is 0 Å². The average molecular weight is 191 g/mol. The predicted octanol–water partition coefficient (Wildman–Crippen LogP) is 3.17. The molecule has 14 heavy (non-hydrogen) atoms. The first-order chi connectivity index (χ1) is 6.53. The van der Waals surface area contributed by atoms with Gasteiger partial charge in [-0.2, -0.15) is 0 Å². The van der Waals surface area contributed by atoms with Crippen molar-refractivity contribution in [2.24, 2.45) is 11.1 Å². The second-order valence-electron chi connectivity index (χ2n) is 5.11. The standard InChI is InChI=1S/C13H21N/c1-13(2,3)9-12(10-14)11-7-5-4-6-8-11/h4-8,12H,9-10,14H2,1-3H3. The van der Waals surface area contributed by atoms with Crippen molar-refractivity contribution in [2.45, 2.75) is 33.1 Å². The molecule has 0 amide bonds. The number of nitrogens with two attached hydrogens (primary N) is 1. The highest BCUT2D eigenvalue weighted by atomic mass is 14.6. The second kappa shape index (κ2) is 4.61. The van der Waals surface area contributed by atoms with Gasteiger partial charge >= 0.3 is 0 Å². The van der Waals surface area contributed by atoms with Gasteiger partial charge in [-0.05, 0) is 29.9 Å². The molecule has 0 aliphatic rings. The van der Waals surface area contributed by atoms with Crippen molar-refractivity contribution in [3.8, 4) is 0 Å². The Morgan fingerprint density at radius 1 is 1.14 bits per heavy atom. The summed E-state index contributed by atoms with van der Waals surface area (Å²) in [6, 6.07) is 10.6. The van der Waals surface area contributed by atoms with Crippen LogP contribution in [0.15, 0.2) is 30.3 Å². The number of hydrogen-bond acceptors (Lipinski definition) is 1. The highest BCUT2D eigenvalue weighted by Gasteiger charge is 2.18. The summed E-state index contributed by atoms with van der Waals surface area (Å²) in [4.78, 5) is 0. The quantitative estimate of drug-likeness (QED) is 0.780. The zero-order chi connectivity index (χ0) is 10.6. The Balaban J connectivity index is 2.73. The summed E-state index contributed by atoms with van der Waals surface area (Å²) >= 11 is 0. The normalized spacial score (nSPS) is 14.0. The Kier molecular flexibility index (Phi) is 3.70. The third kappa shape index (κ3) is 3.51. The van der Waals surface area contributed by atoms with Crippen LogP contribution in [0.3, 0.4) is 0 Å². The summed E-state index contributed by atoms with van der Waals surface area (Å²) in [5, 5.41) is 0. The molecule has 78 valence electrons. The molecule has 1 atom stereocenters. The van der Waals surface area contributed by atoms with E-state index in [0.717, 1.165) is 13.0 Å². The molecule has 1 unspecified atom stereocenters. The van der Waals surface area contributed by atoms with Crippen LogP contribution >= 0.6 is 0 Å². The summed E-state index contributed by atoms with van der Waals surface area (Å²) in [7, 11) is 0. The van der Waals surface area contributed by atoms with E-state index in [1.165, 1.54) is 5.56 Å². The molecule has 0 fully saturated rings. The molecule has 1 aromatic carbocycles. The lowest BCUT2D eigenvalue weighted by atomic mass is 9.81. The van der Waals surface area contributed by atoms with E-state index in [0.29, 0.717) is 11.3 Å². The summed E-state index contributed by atoms with van der Waals surface area (Å²) in [6.45, 7) is 7.52. The minimum Gasteiger partial charge on any atom is -0.330 e. The van der Waals surface area contributed by atoms with Gasteiger partial charge in [0, 0.05) is 0 Å². The van der Waals surface area contributed by atoms with Crippen molar-refractivity contribution in [1.82, 2.24) is 0 Å². The third-order valence-electron chi connectivity index (χ3n) is 2.41. The summed E-state index contributed by atoms with van der Waals surface area (Å²) in [6.07, 6.45) is 1.15. The maximum absolute atomic E-state index is 5.81. The summed E-state index contributed by atoms with van der Waals surface area (Å²) in [5.74, 6) is 0.496. The smallest absolute Gasteiger partial charge is 0.000804 e. The first kappa shape index (κ1) is 11.3. The molecule has 0 saturated heterocycles. The Morgan fingerprint density at radius 3 is 2.14 bits per heavy atom. The molecular formula is C13H21N. The van der Waals surface area contributed by atoms with E-state index in [9.17, 15) is 0 Å². The molecular weight excluding hydrogens is 170 g/mol. The van der Waals surface area contributed by atoms with Crippen molar-refractivity contribution in [2.75, 3.05) is 6.54 Å². The van der Waals surface area contributed by atoms with Gasteiger partial charge in [-0.3, -0.25) is 0 Å². The second-order valence-corrected chi connectivity index (χ2v) is 5.11. The maximum atomic E-state index is 5.81. The molecule has 0 radical (unpaired) electrons. The van der Waals surface area contributed by atoms with Crippen LogP contribution in [0, 0.1) is 5.41 Å². The van der Waals surface area contributed by atoms with Crippen molar-refractivity contribution in [3.63, 3.8) is 0 Å². The van der Waals surface area contributed by atoms with Gasteiger partial charge < -0.3 is 5.73 Å². The highest BCUT2D eigenvalue weighted by Crippen LogP contribution is 2.30. The molecule has 0 bridgehead atoms. The van der Waals surface area contributed by atoms with E-state index in [-0.39, 0.29) is 0 Å². The minimum atomic E-state index is 0.347. The fraction of sp³-hybridized carbons (Fsp3) is 0.538. The topological polar surface area (TPSA) is 26.0 Å². The fourth-order valence-electron chi connectivity index (χ4n) is 1.80. The van der Waals surface area contributed by atoms with Gasteiger partial charge in [0.1, 0.15) is 0 Å². The van der Waals surface area contributed by atoms with Crippen LogP contribution in [0.1, 0.15) is 38.7 Å². The molecule has 0 aromatic heterocycles. The molecule has 2 N–H and O–H groups in total. The van der Waals surface area contributed by atoms with E-state index in [4.69, 9.17) is 5.73 Å². The van der Waals surface area contributed by atoms with Crippen LogP contribution < -0.4 is 5.73 Å². The molecule has 0 aliphatic carbocycles. The molecule has 1 rings (SSSR count). The van der Waals surface area contributed by atoms with Gasteiger partial charge in [0.25, 0.3) is 0 Å². The van der Waals surface area contributed by atoms with E-state index in [2.05, 4.69) is 45.0 Å². The van der Waals surface area contributed by atoms with Crippen LogP contribution in [0.2, 0.25) is 0 Å². The lowest BCUT2D eigenvalue weighted by Crippen LogP contribution is -2.19. The van der Waals surface area contributed by atoms with E-state index in [1.54, 1.807) is 0 Å². The van der Waals surface area contributed by atoms with Crippen molar-refractivity contribution >= 4 is 0 Å². The Hall–Kier alpha value is -0.820. The Morgan fingerprint density at radius 2 is 1.71 bits per heavy atom. The van der Waals surface area contributed by atoms with Gasteiger partial charge in [0.15, 0.2) is 0 Å².